The molecule has 1 aromatic heterocycles. The van der Waals surface area contributed by atoms with Gasteiger partial charge in [-0.3, -0.25) is 5.32 Å². The van der Waals surface area contributed by atoms with E-state index in [0.29, 0.717) is 5.13 Å². The van der Waals surface area contributed by atoms with Gasteiger partial charge in [0.2, 0.25) is 0 Å². The van der Waals surface area contributed by atoms with Gasteiger partial charge in [0.15, 0.2) is 5.13 Å². The molecule has 108 valence electrons. The molecule has 1 N–H and O–H groups in total. The maximum atomic E-state index is 11.8. The Kier molecular flexibility index (Phi) is 4.34. The summed E-state index contributed by atoms with van der Waals surface area (Å²) in [7, 11) is 0. The monoisotopic (exact) mass is 356 g/mol. The van der Waals surface area contributed by atoms with Gasteiger partial charge in [0.25, 0.3) is 0 Å². The number of benzene rings is 1. The molecule has 0 bridgehead atoms. The molecule has 0 aliphatic heterocycles. The minimum absolute atomic E-state index is 0.478. The Morgan fingerprint density at radius 2 is 2.15 bits per heavy atom. The van der Waals surface area contributed by atoms with E-state index in [1.807, 2.05) is 26.8 Å². The number of aryl methyl sites for hydroxylation is 1. The number of halogens is 1. The Balaban J connectivity index is 2.26. The van der Waals surface area contributed by atoms with Gasteiger partial charge in [0.1, 0.15) is 5.60 Å². The minimum Gasteiger partial charge on any atom is -0.444 e. The van der Waals surface area contributed by atoms with Crippen molar-refractivity contribution in [2.24, 2.45) is 0 Å². The highest BCUT2D eigenvalue weighted by molar-refractivity contribution is 9.10. The molecule has 0 saturated carbocycles. The molecule has 1 amide bonds. The number of fused-ring (bicyclic) bond motifs is 1. The average Bonchev–Trinajstić information content (AvgIpc) is 2.66. The van der Waals surface area contributed by atoms with Crippen molar-refractivity contribution < 1.29 is 9.53 Å². The summed E-state index contributed by atoms with van der Waals surface area (Å²) in [4.78, 5) is 16.2. The van der Waals surface area contributed by atoms with E-state index in [4.69, 9.17) is 4.74 Å². The van der Waals surface area contributed by atoms with Crippen molar-refractivity contribution in [2.45, 2.75) is 39.7 Å². The van der Waals surface area contributed by atoms with Crippen LogP contribution in [0.25, 0.3) is 10.2 Å². The number of carbonyl (C=O) groups is 1. The third-order valence-electron chi connectivity index (χ3n) is 2.53. The third-order valence-corrected chi connectivity index (χ3v) is 3.90. The van der Waals surface area contributed by atoms with E-state index >= 15 is 0 Å². The molecule has 2 rings (SSSR count). The number of nitrogens with zero attached hydrogens (tertiary/aromatic N) is 1. The third kappa shape index (κ3) is 3.70. The molecule has 0 spiro atoms. The summed E-state index contributed by atoms with van der Waals surface area (Å²) in [5.74, 6) is 0. The summed E-state index contributed by atoms with van der Waals surface area (Å²) in [6.07, 6.45) is 0.416. The van der Waals surface area contributed by atoms with E-state index in [0.717, 1.165) is 26.7 Å². The first kappa shape index (κ1) is 15.3. The van der Waals surface area contributed by atoms with E-state index in [2.05, 4.69) is 39.2 Å². The highest BCUT2D eigenvalue weighted by Crippen LogP contribution is 2.31. The van der Waals surface area contributed by atoms with Crippen molar-refractivity contribution in [3.8, 4) is 0 Å². The number of ether oxygens (including phenoxy) is 1. The van der Waals surface area contributed by atoms with Crippen molar-refractivity contribution in [1.29, 1.82) is 0 Å². The first-order valence-electron chi connectivity index (χ1n) is 6.37. The number of hydrogen-bond acceptors (Lipinski definition) is 4. The van der Waals surface area contributed by atoms with Crippen LogP contribution in [0.15, 0.2) is 16.6 Å². The first-order chi connectivity index (χ1) is 9.28. The summed E-state index contributed by atoms with van der Waals surface area (Å²) in [5, 5.41) is 3.25. The highest BCUT2D eigenvalue weighted by atomic mass is 79.9. The average molecular weight is 357 g/mol. The number of hydrogen-bond donors (Lipinski definition) is 1. The fourth-order valence-electron chi connectivity index (χ4n) is 1.78. The fourth-order valence-corrected chi connectivity index (χ4v) is 3.37. The largest absolute Gasteiger partial charge is 0.444 e. The molecule has 0 atom stereocenters. The molecule has 0 saturated heterocycles. The summed E-state index contributed by atoms with van der Waals surface area (Å²) in [6, 6.07) is 4.06. The molecule has 20 heavy (non-hydrogen) atoms. The number of thiazole rings is 1. The molecule has 2 aromatic rings. The van der Waals surface area contributed by atoms with E-state index in [1.54, 1.807) is 0 Å². The number of amides is 1. The van der Waals surface area contributed by atoms with Crippen LogP contribution in [0.3, 0.4) is 0 Å². The normalized spacial score (nSPS) is 11.7. The van der Waals surface area contributed by atoms with Gasteiger partial charge in [-0.15, -0.1) is 0 Å². The second-order valence-electron chi connectivity index (χ2n) is 5.41. The van der Waals surface area contributed by atoms with Gasteiger partial charge in [-0.05, 0) is 44.9 Å². The van der Waals surface area contributed by atoms with E-state index in [1.165, 1.54) is 11.3 Å². The van der Waals surface area contributed by atoms with E-state index in [-0.39, 0.29) is 0 Å². The quantitative estimate of drug-likeness (QED) is 0.826. The van der Waals surface area contributed by atoms with Gasteiger partial charge in [0, 0.05) is 4.47 Å². The Bertz CT molecular complexity index is 646. The zero-order valence-corrected chi connectivity index (χ0v) is 14.3. The minimum atomic E-state index is -0.516. The van der Waals surface area contributed by atoms with Crippen molar-refractivity contribution in [2.75, 3.05) is 5.32 Å². The lowest BCUT2D eigenvalue weighted by Crippen LogP contribution is -2.27. The van der Waals surface area contributed by atoms with Crippen LogP contribution in [0.5, 0.6) is 0 Å². The lowest BCUT2D eigenvalue weighted by molar-refractivity contribution is 0.0636. The number of nitrogens with one attached hydrogen (secondary N) is 1. The molecule has 0 radical (unpaired) electrons. The van der Waals surface area contributed by atoms with Gasteiger partial charge < -0.3 is 4.74 Å². The molecule has 4 nitrogen and oxygen atoms in total. The SMILES string of the molecule is CCc1cc(Br)cc2sc(NC(=O)OC(C)(C)C)nc12. The summed E-state index contributed by atoms with van der Waals surface area (Å²) in [5.41, 5.74) is 1.58. The molecule has 0 aliphatic carbocycles. The molecular weight excluding hydrogens is 340 g/mol. The zero-order valence-electron chi connectivity index (χ0n) is 11.9. The predicted octanol–water partition coefficient (Wildman–Crippen LogP) is 4.97. The second kappa shape index (κ2) is 5.69. The fraction of sp³-hybridized carbons (Fsp3) is 0.429. The molecule has 1 heterocycles. The first-order valence-corrected chi connectivity index (χ1v) is 7.98. The standard InChI is InChI=1S/C14H17BrN2O2S/c1-5-8-6-9(15)7-10-11(8)16-12(20-10)17-13(18)19-14(2,3)4/h6-7H,5H2,1-4H3,(H,16,17,18). The lowest BCUT2D eigenvalue weighted by Gasteiger charge is -2.18. The number of rotatable bonds is 2. The highest BCUT2D eigenvalue weighted by Gasteiger charge is 2.18. The molecule has 0 aliphatic rings. The second-order valence-corrected chi connectivity index (χ2v) is 7.36. The van der Waals surface area contributed by atoms with Gasteiger partial charge in [-0.2, -0.15) is 0 Å². The van der Waals surface area contributed by atoms with E-state index in [9.17, 15) is 4.79 Å². The van der Waals surface area contributed by atoms with Crippen LogP contribution in [-0.2, 0) is 11.2 Å². The predicted molar refractivity (Wildman–Crippen MR) is 86.6 cm³/mol. The summed E-state index contributed by atoms with van der Waals surface area (Å²) >= 11 is 4.93. The molecule has 1 aromatic carbocycles. The Hall–Kier alpha value is -1.14. The Labute approximate surface area is 130 Å². The summed E-state index contributed by atoms with van der Waals surface area (Å²) in [6.45, 7) is 7.58. The van der Waals surface area contributed by atoms with Crippen LogP contribution in [0.4, 0.5) is 9.93 Å². The van der Waals surface area contributed by atoms with Crippen LogP contribution in [-0.4, -0.2) is 16.7 Å². The summed E-state index contributed by atoms with van der Waals surface area (Å²) < 4.78 is 7.29. The lowest BCUT2D eigenvalue weighted by atomic mass is 10.1. The van der Waals surface area contributed by atoms with Crippen molar-refractivity contribution in [3.05, 3.63) is 22.2 Å². The number of carbonyl (C=O) groups excluding carboxylic acids is 1. The Morgan fingerprint density at radius 3 is 2.75 bits per heavy atom. The molecule has 0 unspecified atom stereocenters. The maximum Gasteiger partial charge on any atom is 0.413 e. The smallest absolute Gasteiger partial charge is 0.413 e. The van der Waals surface area contributed by atoms with Crippen LogP contribution in [0, 0.1) is 0 Å². The van der Waals surface area contributed by atoms with Crippen molar-refractivity contribution in [3.63, 3.8) is 0 Å². The number of aromatic nitrogens is 1. The van der Waals surface area contributed by atoms with Crippen LogP contribution in [0.1, 0.15) is 33.3 Å². The maximum absolute atomic E-state index is 11.8. The Morgan fingerprint density at radius 1 is 1.45 bits per heavy atom. The van der Waals surface area contributed by atoms with Gasteiger partial charge in [-0.1, -0.05) is 34.2 Å². The van der Waals surface area contributed by atoms with Crippen molar-refractivity contribution >= 4 is 48.7 Å². The topological polar surface area (TPSA) is 51.2 Å². The molecular formula is C14H17BrN2O2S. The van der Waals surface area contributed by atoms with Gasteiger partial charge in [0.05, 0.1) is 10.2 Å². The van der Waals surface area contributed by atoms with Gasteiger partial charge >= 0.3 is 6.09 Å². The number of anilines is 1. The zero-order chi connectivity index (χ0) is 14.9. The van der Waals surface area contributed by atoms with E-state index < -0.39 is 11.7 Å². The van der Waals surface area contributed by atoms with Crippen molar-refractivity contribution in [1.82, 2.24) is 4.98 Å². The van der Waals surface area contributed by atoms with Crippen LogP contribution in [0.2, 0.25) is 0 Å². The molecule has 0 fully saturated rings. The molecule has 6 heteroatoms. The van der Waals surface area contributed by atoms with Crippen LogP contribution >= 0.6 is 27.3 Å². The van der Waals surface area contributed by atoms with Crippen LogP contribution < -0.4 is 5.32 Å². The van der Waals surface area contributed by atoms with Gasteiger partial charge in [-0.25, -0.2) is 9.78 Å².